The van der Waals surface area contributed by atoms with Crippen LogP contribution >= 0.6 is 21.6 Å². The zero-order valence-electron chi connectivity index (χ0n) is 9.68. The minimum absolute atomic E-state index is 0.335. The molecule has 0 aliphatic heterocycles. The van der Waals surface area contributed by atoms with E-state index in [1.54, 1.807) is 27.8 Å². The second-order valence-electron chi connectivity index (χ2n) is 3.98. The molecular formula is C12H17NOS2. The number of aromatic nitrogens is 1. The Kier molecular flexibility index (Phi) is 6.57. The van der Waals surface area contributed by atoms with Crippen LogP contribution in [0.4, 0.5) is 0 Å². The van der Waals surface area contributed by atoms with Crippen molar-refractivity contribution in [2.45, 2.75) is 31.7 Å². The molecule has 1 aromatic rings. The van der Waals surface area contributed by atoms with Gasteiger partial charge in [0.15, 0.2) is 0 Å². The number of hydrogen-bond donors (Lipinski definition) is 0. The number of nitrogens with zero attached hydrogens (tertiary/aromatic N) is 1. The molecule has 0 aliphatic rings. The average molecular weight is 255 g/mol. The van der Waals surface area contributed by atoms with Gasteiger partial charge in [0.05, 0.1) is 5.75 Å². The minimum Gasteiger partial charge on any atom is -0.299 e. The van der Waals surface area contributed by atoms with Gasteiger partial charge in [-0.1, -0.05) is 30.7 Å². The number of Topliss-reactive ketones (excluding diaryl/α,β-unsaturated/α-hetero) is 1. The Morgan fingerprint density at radius 2 is 2.25 bits per heavy atom. The highest BCUT2D eigenvalue weighted by atomic mass is 33.1. The van der Waals surface area contributed by atoms with Gasteiger partial charge < -0.3 is 0 Å². The van der Waals surface area contributed by atoms with Crippen LogP contribution in [0.2, 0.25) is 0 Å². The minimum atomic E-state index is 0.335. The molecule has 1 heterocycles. The van der Waals surface area contributed by atoms with E-state index in [2.05, 4.69) is 18.8 Å². The lowest BCUT2D eigenvalue weighted by atomic mass is 10.1. The van der Waals surface area contributed by atoms with Crippen molar-refractivity contribution in [3.8, 4) is 0 Å². The lowest BCUT2D eigenvalue weighted by Gasteiger charge is -2.03. The SMILES string of the molecule is CC(C)CCC(=O)CSSc1ccccn1. The molecule has 1 rings (SSSR count). The monoisotopic (exact) mass is 255 g/mol. The maximum absolute atomic E-state index is 11.5. The first-order chi connectivity index (χ1) is 7.68. The Bertz CT molecular complexity index is 314. The standard InChI is InChI=1S/C12H17NOS2/c1-10(2)6-7-11(14)9-15-16-12-5-3-4-8-13-12/h3-5,8,10H,6-7,9H2,1-2H3. The number of pyridine rings is 1. The summed E-state index contributed by atoms with van der Waals surface area (Å²) < 4.78 is 0. The molecule has 0 amide bonds. The third kappa shape index (κ3) is 6.18. The van der Waals surface area contributed by atoms with Gasteiger partial charge in [-0.25, -0.2) is 4.98 Å². The van der Waals surface area contributed by atoms with Gasteiger partial charge >= 0.3 is 0 Å². The Balaban J connectivity index is 2.13. The maximum Gasteiger partial charge on any atom is 0.143 e. The fourth-order valence-corrected chi connectivity index (χ4v) is 3.00. The zero-order chi connectivity index (χ0) is 11.8. The van der Waals surface area contributed by atoms with Crippen LogP contribution in [0, 0.1) is 5.92 Å². The van der Waals surface area contributed by atoms with Crippen LogP contribution in [0.1, 0.15) is 26.7 Å². The molecule has 0 unspecified atom stereocenters. The average Bonchev–Trinajstić information content (AvgIpc) is 2.28. The number of carbonyl (C=O) groups excluding carboxylic acids is 1. The molecule has 0 bridgehead atoms. The zero-order valence-corrected chi connectivity index (χ0v) is 11.3. The van der Waals surface area contributed by atoms with E-state index in [9.17, 15) is 4.79 Å². The molecule has 16 heavy (non-hydrogen) atoms. The molecule has 0 fully saturated rings. The summed E-state index contributed by atoms with van der Waals surface area (Å²) in [6, 6.07) is 5.80. The van der Waals surface area contributed by atoms with Crippen LogP contribution in [0.25, 0.3) is 0 Å². The summed E-state index contributed by atoms with van der Waals surface area (Å²) in [5.41, 5.74) is 0. The van der Waals surface area contributed by atoms with Crippen molar-refractivity contribution in [1.82, 2.24) is 4.98 Å². The smallest absolute Gasteiger partial charge is 0.143 e. The summed E-state index contributed by atoms with van der Waals surface area (Å²) in [5.74, 6) is 1.52. The molecule has 0 radical (unpaired) electrons. The van der Waals surface area contributed by atoms with E-state index < -0.39 is 0 Å². The first-order valence-electron chi connectivity index (χ1n) is 5.40. The van der Waals surface area contributed by atoms with Gasteiger partial charge in [-0.05, 0) is 35.3 Å². The largest absolute Gasteiger partial charge is 0.299 e. The summed E-state index contributed by atoms with van der Waals surface area (Å²) in [5, 5.41) is 0.962. The van der Waals surface area contributed by atoms with Gasteiger partial charge in [-0.3, -0.25) is 4.79 Å². The highest BCUT2D eigenvalue weighted by Crippen LogP contribution is 2.29. The van der Waals surface area contributed by atoms with Crippen LogP contribution in [0.3, 0.4) is 0 Å². The number of hydrogen-bond acceptors (Lipinski definition) is 4. The van der Waals surface area contributed by atoms with Crippen LogP contribution in [-0.4, -0.2) is 16.5 Å². The van der Waals surface area contributed by atoms with Crippen LogP contribution in [-0.2, 0) is 4.79 Å². The van der Waals surface area contributed by atoms with E-state index in [-0.39, 0.29) is 0 Å². The molecule has 0 saturated carbocycles. The molecule has 1 aromatic heterocycles. The fourth-order valence-electron chi connectivity index (χ4n) is 1.07. The topological polar surface area (TPSA) is 30.0 Å². The molecule has 0 aromatic carbocycles. The van der Waals surface area contributed by atoms with Crippen LogP contribution in [0.15, 0.2) is 29.4 Å². The molecule has 0 N–H and O–H groups in total. The van der Waals surface area contributed by atoms with Crippen molar-refractivity contribution in [2.24, 2.45) is 5.92 Å². The van der Waals surface area contributed by atoms with Crippen molar-refractivity contribution in [1.29, 1.82) is 0 Å². The van der Waals surface area contributed by atoms with E-state index in [4.69, 9.17) is 0 Å². The third-order valence-corrected chi connectivity index (χ3v) is 4.19. The molecule has 88 valence electrons. The second kappa shape index (κ2) is 7.74. The summed E-state index contributed by atoms with van der Waals surface area (Å²) >= 11 is 0. The molecular weight excluding hydrogens is 238 g/mol. The van der Waals surface area contributed by atoms with Gasteiger partial charge in [-0.15, -0.1) is 0 Å². The molecule has 0 aliphatic carbocycles. The number of carbonyl (C=O) groups is 1. The molecule has 4 heteroatoms. The molecule has 0 spiro atoms. The predicted octanol–water partition coefficient (Wildman–Crippen LogP) is 3.83. The highest BCUT2D eigenvalue weighted by Gasteiger charge is 2.04. The maximum atomic E-state index is 11.5. The Morgan fingerprint density at radius 1 is 1.44 bits per heavy atom. The van der Waals surface area contributed by atoms with Crippen molar-refractivity contribution in [2.75, 3.05) is 5.75 Å². The van der Waals surface area contributed by atoms with Crippen molar-refractivity contribution < 1.29 is 4.79 Å². The Labute approximate surface area is 105 Å². The van der Waals surface area contributed by atoms with Crippen LogP contribution < -0.4 is 0 Å². The Hall–Kier alpha value is -0.480. The van der Waals surface area contributed by atoms with E-state index in [0.29, 0.717) is 23.9 Å². The van der Waals surface area contributed by atoms with Gasteiger partial charge in [-0.2, -0.15) is 0 Å². The normalized spacial score (nSPS) is 10.7. The number of rotatable bonds is 7. The summed E-state index contributed by atoms with van der Waals surface area (Å²) in [6.07, 6.45) is 3.46. The lowest BCUT2D eigenvalue weighted by molar-refractivity contribution is -0.116. The molecule has 0 atom stereocenters. The van der Waals surface area contributed by atoms with E-state index in [0.717, 1.165) is 11.4 Å². The second-order valence-corrected chi connectivity index (χ2v) is 6.30. The summed E-state index contributed by atoms with van der Waals surface area (Å²) in [4.78, 5) is 15.7. The highest BCUT2D eigenvalue weighted by molar-refractivity contribution is 8.76. The lowest BCUT2D eigenvalue weighted by Crippen LogP contribution is -2.02. The van der Waals surface area contributed by atoms with E-state index >= 15 is 0 Å². The first kappa shape index (κ1) is 13.6. The van der Waals surface area contributed by atoms with Crippen molar-refractivity contribution >= 4 is 27.4 Å². The summed E-state index contributed by atoms with van der Waals surface area (Å²) in [7, 11) is 3.14. The molecule has 2 nitrogen and oxygen atoms in total. The predicted molar refractivity (Wildman–Crippen MR) is 71.6 cm³/mol. The van der Waals surface area contributed by atoms with Gasteiger partial charge in [0, 0.05) is 12.6 Å². The third-order valence-electron chi connectivity index (χ3n) is 2.00. The van der Waals surface area contributed by atoms with E-state index in [1.165, 1.54) is 0 Å². The van der Waals surface area contributed by atoms with E-state index in [1.807, 2.05) is 18.2 Å². The van der Waals surface area contributed by atoms with Crippen molar-refractivity contribution in [3.05, 3.63) is 24.4 Å². The fraction of sp³-hybridized carbons (Fsp3) is 0.500. The van der Waals surface area contributed by atoms with Crippen LogP contribution in [0.5, 0.6) is 0 Å². The molecule has 0 saturated heterocycles. The van der Waals surface area contributed by atoms with Gasteiger partial charge in [0.25, 0.3) is 0 Å². The Morgan fingerprint density at radius 3 is 2.88 bits per heavy atom. The quantitative estimate of drug-likeness (QED) is 0.693. The number of ketones is 1. The van der Waals surface area contributed by atoms with Gasteiger partial charge in [0.2, 0.25) is 0 Å². The van der Waals surface area contributed by atoms with Gasteiger partial charge in [0.1, 0.15) is 10.8 Å². The first-order valence-corrected chi connectivity index (χ1v) is 7.72. The van der Waals surface area contributed by atoms with Crippen molar-refractivity contribution in [3.63, 3.8) is 0 Å². The summed E-state index contributed by atoms with van der Waals surface area (Å²) in [6.45, 7) is 4.28.